The van der Waals surface area contributed by atoms with Crippen molar-refractivity contribution in [2.45, 2.75) is 23.5 Å². The number of benzene rings is 2. The predicted octanol–water partition coefficient (Wildman–Crippen LogP) is 3.81. The summed E-state index contributed by atoms with van der Waals surface area (Å²) in [4.78, 5) is 12.2. The lowest BCUT2D eigenvalue weighted by molar-refractivity contribution is -0.120. The molecule has 0 spiro atoms. The van der Waals surface area contributed by atoms with E-state index >= 15 is 0 Å². The fraction of sp³-hybridized carbons (Fsp3) is 0.278. The molecule has 3 nitrogen and oxygen atoms in total. The number of hydrogen-bond acceptors (Lipinski definition) is 3. The molecule has 1 N–H and O–H groups in total. The zero-order valence-electron chi connectivity index (χ0n) is 13.5. The van der Waals surface area contributed by atoms with Gasteiger partial charge < -0.3 is 10.1 Å². The summed E-state index contributed by atoms with van der Waals surface area (Å²) in [6.07, 6.45) is 0.682. The molecule has 0 aliphatic carbocycles. The molecule has 24 heavy (non-hydrogen) atoms. The monoisotopic (exact) mass is 351 g/mol. The van der Waals surface area contributed by atoms with Crippen molar-refractivity contribution in [1.29, 1.82) is 0 Å². The molecular weight excluding hydrogens is 332 g/mol. The Labute approximate surface area is 144 Å². The molecule has 0 fully saturated rings. The molecule has 0 radical (unpaired) electrons. The molecule has 2 rings (SSSR count). The molecule has 2 aromatic rings. The number of hydrogen-bond donors (Lipinski definition) is 1. The van der Waals surface area contributed by atoms with Crippen LogP contribution in [0.1, 0.15) is 12.5 Å². The summed E-state index contributed by atoms with van der Waals surface area (Å²) in [5.41, 5.74) is 1.08. The molecule has 128 valence electrons. The van der Waals surface area contributed by atoms with E-state index in [-0.39, 0.29) is 10.8 Å². The van der Waals surface area contributed by atoms with Crippen molar-refractivity contribution < 1.29 is 18.3 Å². The van der Waals surface area contributed by atoms with Gasteiger partial charge in [-0.05, 0) is 49.2 Å². The third-order valence-corrected chi connectivity index (χ3v) is 4.57. The molecule has 0 heterocycles. The molecule has 6 heteroatoms. The zero-order valence-corrected chi connectivity index (χ0v) is 14.3. The third-order valence-electron chi connectivity index (χ3n) is 3.44. The number of rotatable bonds is 7. The summed E-state index contributed by atoms with van der Waals surface area (Å²) in [6.45, 7) is 2.14. The quantitative estimate of drug-likeness (QED) is 0.771. The molecule has 1 amide bonds. The first kappa shape index (κ1) is 18.3. The number of ether oxygens (including phenoxy) is 1. The van der Waals surface area contributed by atoms with Crippen LogP contribution in [0, 0.1) is 11.6 Å². The van der Waals surface area contributed by atoms with E-state index in [1.807, 2.05) is 24.3 Å². The molecule has 0 unspecified atom stereocenters. The third kappa shape index (κ3) is 5.23. The van der Waals surface area contributed by atoms with E-state index in [9.17, 15) is 13.6 Å². The van der Waals surface area contributed by atoms with Crippen LogP contribution in [0.4, 0.5) is 8.78 Å². The van der Waals surface area contributed by atoms with Gasteiger partial charge >= 0.3 is 0 Å². The standard InChI is InChI=1S/C18H19F2NO2S/c1-12(24-17-11-14(19)5-8-16(17)20)18(22)21-10-9-13-3-6-15(23-2)7-4-13/h3-8,11-12H,9-10H2,1-2H3,(H,21,22)/t12-/m0/s1. The molecule has 0 saturated carbocycles. The predicted molar refractivity (Wildman–Crippen MR) is 91.4 cm³/mol. The number of halogens is 2. The van der Waals surface area contributed by atoms with Crippen LogP contribution in [0.2, 0.25) is 0 Å². The smallest absolute Gasteiger partial charge is 0.233 e. The van der Waals surface area contributed by atoms with E-state index in [4.69, 9.17) is 4.74 Å². The second-order valence-corrected chi connectivity index (χ2v) is 6.61. The van der Waals surface area contributed by atoms with Crippen LogP contribution in [0.15, 0.2) is 47.4 Å². The maximum absolute atomic E-state index is 13.6. The van der Waals surface area contributed by atoms with Crippen molar-refractivity contribution >= 4 is 17.7 Å². The Morgan fingerprint density at radius 3 is 2.58 bits per heavy atom. The Hall–Kier alpha value is -2.08. The Bertz CT molecular complexity index is 692. The molecule has 2 aromatic carbocycles. The van der Waals surface area contributed by atoms with Gasteiger partial charge in [0.1, 0.15) is 17.4 Å². The SMILES string of the molecule is COc1ccc(CCNC(=O)[C@H](C)Sc2cc(F)ccc2F)cc1. The summed E-state index contributed by atoms with van der Waals surface area (Å²) in [5.74, 6) is -0.479. The first-order chi connectivity index (χ1) is 11.5. The summed E-state index contributed by atoms with van der Waals surface area (Å²) in [6, 6.07) is 10.8. The Morgan fingerprint density at radius 1 is 1.21 bits per heavy atom. The minimum absolute atomic E-state index is 0.132. The number of nitrogens with one attached hydrogen (secondary N) is 1. The van der Waals surface area contributed by atoms with Gasteiger partial charge in [-0.25, -0.2) is 8.78 Å². The van der Waals surface area contributed by atoms with Crippen LogP contribution in [-0.2, 0) is 11.2 Å². The first-order valence-corrected chi connectivity index (χ1v) is 8.40. The van der Waals surface area contributed by atoms with Crippen LogP contribution in [-0.4, -0.2) is 24.8 Å². The van der Waals surface area contributed by atoms with E-state index in [0.717, 1.165) is 41.3 Å². The van der Waals surface area contributed by atoms with Crippen molar-refractivity contribution in [2.24, 2.45) is 0 Å². The number of methoxy groups -OCH3 is 1. The minimum atomic E-state index is -0.528. The highest BCUT2D eigenvalue weighted by atomic mass is 32.2. The Balaban J connectivity index is 1.81. The molecular formula is C18H19F2NO2S. The van der Waals surface area contributed by atoms with Gasteiger partial charge in [0, 0.05) is 11.4 Å². The largest absolute Gasteiger partial charge is 0.497 e. The van der Waals surface area contributed by atoms with Gasteiger partial charge in [0.15, 0.2) is 0 Å². The molecule has 0 aliphatic rings. The topological polar surface area (TPSA) is 38.3 Å². The van der Waals surface area contributed by atoms with Gasteiger partial charge in [-0.3, -0.25) is 4.79 Å². The summed E-state index contributed by atoms with van der Waals surface area (Å²) in [7, 11) is 1.61. The lowest BCUT2D eigenvalue weighted by Crippen LogP contribution is -2.32. The average molecular weight is 351 g/mol. The van der Waals surface area contributed by atoms with Crippen LogP contribution in [0.25, 0.3) is 0 Å². The van der Waals surface area contributed by atoms with E-state index in [0.29, 0.717) is 13.0 Å². The minimum Gasteiger partial charge on any atom is -0.497 e. The summed E-state index contributed by atoms with van der Waals surface area (Å²) in [5, 5.41) is 2.29. The van der Waals surface area contributed by atoms with Crippen LogP contribution in [0.5, 0.6) is 5.75 Å². The first-order valence-electron chi connectivity index (χ1n) is 7.52. The molecule has 0 aromatic heterocycles. The molecule has 0 saturated heterocycles. The average Bonchev–Trinajstić information content (AvgIpc) is 2.58. The Kier molecular flexibility index (Phi) is 6.61. The van der Waals surface area contributed by atoms with Gasteiger partial charge in [0.05, 0.1) is 12.4 Å². The number of carbonyl (C=O) groups is 1. The highest BCUT2D eigenvalue weighted by Crippen LogP contribution is 2.26. The van der Waals surface area contributed by atoms with E-state index in [1.54, 1.807) is 14.0 Å². The number of amides is 1. The Morgan fingerprint density at radius 2 is 1.92 bits per heavy atom. The zero-order chi connectivity index (χ0) is 17.5. The van der Waals surface area contributed by atoms with Crippen molar-refractivity contribution in [3.63, 3.8) is 0 Å². The molecule has 0 bridgehead atoms. The van der Waals surface area contributed by atoms with Gasteiger partial charge in [-0.2, -0.15) is 0 Å². The van der Waals surface area contributed by atoms with E-state index in [1.165, 1.54) is 0 Å². The van der Waals surface area contributed by atoms with Crippen molar-refractivity contribution in [3.05, 3.63) is 59.7 Å². The van der Waals surface area contributed by atoms with E-state index < -0.39 is 16.9 Å². The number of thioether (sulfide) groups is 1. The second-order valence-electron chi connectivity index (χ2n) is 5.22. The van der Waals surface area contributed by atoms with Crippen molar-refractivity contribution in [2.75, 3.05) is 13.7 Å². The molecule has 1 atom stereocenters. The van der Waals surface area contributed by atoms with Gasteiger partial charge in [-0.1, -0.05) is 12.1 Å². The lowest BCUT2D eigenvalue weighted by Gasteiger charge is -2.12. The van der Waals surface area contributed by atoms with Crippen LogP contribution in [0.3, 0.4) is 0 Å². The maximum atomic E-state index is 13.6. The van der Waals surface area contributed by atoms with Crippen LogP contribution < -0.4 is 10.1 Å². The van der Waals surface area contributed by atoms with Crippen molar-refractivity contribution in [3.8, 4) is 5.75 Å². The second kappa shape index (κ2) is 8.68. The highest BCUT2D eigenvalue weighted by molar-refractivity contribution is 8.00. The summed E-state index contributed by atoms with van der Waals surface area (Å²) < 4.78 is 31.8. The van der Waals surface area contributed by atoms with Gasteiger partial charge in [0.25, 0.3) is 0 Å². The molecule has 0 aliphatic heterocycles. The fourth-order valence-corrected chi connectivity index (χ4v) is 3.01. The normalized spacial score (nSPS) is 11.8. The lowest BCUT2D eigenvalue weighted by atomic mass is 10.1. The highest BCUT2D eigenvalue weighted by Gasteiger charge is 2.16. The van der Waals surface area contributed by atoms with Gasteiger partial charge in [0.2, 0.25) is 5.91 Å². The van der Waals surface area contributed by atoms with Crippen molar-refractivity contribution in [1.82, 2.24) is 5.32 Å². The summed E-state index contributed by atoms with van der Waals surface area (Å²) >= 11 is 1.00. The van der Waals surface area contributed by atoms with Crippen LogP contribution >= 0.6 is 11.8 Å². The van der Waals surface area contributed by atoms with Gasteiger partial charge in [-0.15, -0.1) is 11.8 Å². The van der Waals surface area contributed by atoms with E-state index in [2.05, 4.69) is 5.32 Å². The fourth-order valence-electron chi connectivity index (χ4n) is 2.08. The number of carbonyl (C=O) groups excluding carboxylic acids is 1. The maximum Gasteiger partial charge on any atom is 0.233 e.